The lowest BCUT2D eigenvalue weighted by Gasteiger charge is -2.32. The third-order valence-electron chi connectivity index (χ3n) is 5.91. The maximum atomic E-state index is 5.82. The average molecular weight is 291 g/mol. The van der Waals surface area contributed by atoms with Gasteiger partial charge in [-0.25, -0.2) is 0 Å². The van der Waals surface area contributed by atoms with Gasteiger partial charge in [-0.1, -0.05) is 30.8 Å². The highest BCUT2D eigenvalue weighted by molar-refractivity contribution is 5.08. The van der Waals surface area contributed by atoms with Crippen molar-refractivity contribution in [2.45, 2.75) is 63.0 Å². The van der Waals surface area contributed by atoms with Crippen LogP contribution in [0.25, 0.3) is 0 Å². The van der Waals surface area contributed by atoms with Crippen molar-refractivity contribution < 1.29 is 9.26 Å². The number of hydrogen-bond acceptors (Lipinski definition) is 5. The number of fused-ring (bicyclic) bond motifs is 1. The molecule has 2 heterocycles. The van der Waals surface area contributed by atoms with Crippen LogP contribution >= 0.6 is 0 Å². The number of ether oxygens (including phenoxy) is 1. The number of nitrogens with one attached hydrogen (secondary N) is 1. The van der Waals surface area contributed by atoms with Crippen molar-refractivity contribution in [1.82, 2.24) is 15.5 Å². The molecule has 0 radical (unpaired) electrons. The summed E-state index contributed by atoms with van der Waals surface area (Å²) in [6.07, 6.45) is 9.64. The van der Waals surface area contributed by atoms with Gasteiger partial charge in [0, 0.05) is 7.11 Å². The van der Waals surface area contributed by atoms with Gasteiger partial charge in [-0.3, -0.25) is 0 Å². The molecule has 1 N–H and O–H groups in total. The zero-order chi connectivity index (χ0) is 14.3. The third kappa shape index (κ3) is 2.21. The first kappa shape index (κ1) is 13.7. The monoisotopic (exact) mass is 291 g/mol. The summed E-state index contributed by atoms with van der Waals surface area (Å²) in [6.45, 7) is 1.10. The highest BCUT2D eigenvalue weighted by Gasteiger charge is 2.44. The van der Waals surface area contributed by atoms with Gasteiger partial charge < -0.3 is 14.6 Å². The van der Waals surface area contributed by atoms with Crippen LogP contribution in [0.15, 0.2) is 4.52 Å². The summed E-state index contributed by atoms with van der Waals surface area (Å²) in [5, 5.41) is 7.88. The Kier molecular flexibility index (Phi) is 3.50. The van der Waals surface area contributed by atoms with E-state index < -0.39 is 0 Å². The van der Waals surface area contributed by atoms with Crippen molar-refractivity contribution >= 4 is 0 Å². The number of rotatable bonds is 3. The molecule has 1 aromatic heterocycles. The van der Waals surface area contributed by atoms with Gasteiger partial charge in [0.2, 0.25) is 11.7 Å². The van der Waals surface area contributed by atoms with Crippen molar-refractivity contribution in [3.8, 4) is 0 Å². The van der Waals surface area contributed by atoms with E-state index in [-0.39, 0.29) is 11.6 Å². The summed E-state index contributed by atoms with van der Waals surface area (Å²) < 4.78 is 11.5. The molecule has 0 amide bonds. The van der Waals surface area contributed by atoms with Crippen LogP contribution < -0.4 is 5.32 Å². The van der Waals surface area contributed by atoms with Crippen LogP contribution in [-0.2, 0) is 10.3 Å². The Balaban J connectivity index is 1.57. The van der Waals surface area contributed by atoms with Crippen molar-refractivity contribution in [1.29, 1.82) is 0 Å². The minimum atomic E-state index is -0.312. The summed E-state index contributed by atoms with van der Waals surface area (Å²) in [5.41, 5.74) is -0.312. The molecule has 1 aliphatic heterocycles. The molecule has 116 valence electrons. The van der Waals surface area contributed by atoms with Gasteiger partial charge in [-0.15, -0.1) is 0 Å². The predicted molar refractivity (Wildman–Crippen MR) is 77.6 cm³/mol. The van der Waals surface area contributed by atoms with E-state index in [1.807, 2.05) is 0 Å². The lowest BCUT2D eigenvalue weighted by molar-refractivity contribution is -0.0527. The SMILES string of the molecule is COC1(c2noc(C3NCC4CCCC43)n2)CCCCC1. The molecule has 1 saturated heterocycles. The number of aromatic nitrogens is 2. The molecular weight excluding hydrogens is 266 g/mol. The Hall–Kier alpha value is -0.940. The molecule has 2 aliphatic carbocycles. The molecule has 0 spiro atoms. The first-order valence-electron chi connectivity index (χ1n) is 8.45. The fourth-order valence-electron chi connectivity index (χ4n) is 4.65. The zero-order valence-electron chi connectivity index (χ0n) is 12.8. The number of hydrogen-bond donors (Lipinski definition) is 1. The molecule has 3 aliphatic rings. The largest absolute Gasteiger partial charge is 0.370 e. The Labute approximate surface area is 125 Å². The van der Waals surface area contributed by atoms with E-state index in [1.54, 1.807) is 7.11 Å². The fraction of sp³-hybridized carbons (Fsp3) is 0.875. The Morgan fingerprint density at radius 1 is 1.19 bits per heavy atom. The van der Waals surface area contributed by atoms with Gasteiger partial charge in [0.25, 0.3) is 0 Å². The standard InChI is InChI=1S/C16H25N3O2/c1-20-16(8-3-2-4-9-16)15-18-14(21-19-15)13-12-7-5-6-11(12)10-17-13/h11-13,17H,2-10H2,1H3. The Bertz CT molecular complexity index is 495. The van der Waals surface area contributed by atoms with Crippen molar-refractivity contribution in [3.63, 3.8) is 0 Å². The van der Waals surface area contributed by atoms with Crippen LogP contribution in [0.3, 0.4) is 0 Å². The van der Waals surface area contributed by atoms with Crippen molar-refractivity contribution in [2.24, 2.45) is 11.8 Å². The highest BCUT2D eigenvalue weighted by Crippen LogP contribution is 2.45. The van der Waals surface area contributed by atoms with Gasteiger partial charge in [0.15, 0.2) is 0 Å². The first-order valence-corrected chi connectivity index (χ1v) is 8.45. The van der Waals surface area contributed by atoms with Gasteiger partial charge in [0.05, 0.1) is 6.04 Å². The quantitative estimate of drug-likeness (QED) is 0.927. The first-order chi connectivity index (χ1) is 10.3. The van der Waals surface area contributed by atoms with E-state index in [2.05, 4.69) is 10.5 Å². The molecule has 3 fully saturated rings. The molecule has 5 nitrogen and oxygen atoms in total. The number of methoxy groups -OCH3 is 1. The van der Waals surface area contributed by atoms with Crippen LogP contribution in [0.5, 0.6) is 0 Å². The molecule has 5 heteroatoms. The van der Waals surface area contributed by atoms with Crippen LogP contribution in [0.4, 0.5) is 0 Å². The highest BCUT2D eigenvalue weighted by atomic mass is 16.5. The normalized spacial score (nSPS) is 35.0. The summed E-state index contributed by atoms with van der Waals surface area (Å²) in [6, 6.07) is 0.260. The molecule has 4 rings (SSSR count). The lowest BCUT2D eigenvalue weighted by Crippen LogP contribution is -2.32. The predicted octanol–water partition coefficient (Wildman–Crippen LogP) is 2.94. The Morgan fingerprint density at radius 3 is 2.86 bits per heavy atom. The summed E-state index contributed by atoms with van der Waals surface area (Å²) in [5.74, 6) is 3.03. The number of nitrogens with zero attached hydrogens (tertiary/aromatic N) is 2. The van der Waals surface area contributed by atoms with Gasteiger partial charge in [-0.05, 0) is 44.1 Å². The molecular formula is C16H25N3O2. The molecule has 1 aromatic rings. The van der Waals surface area contributed by atoms with E-state index >= 15 is 0 Å². The average Bonchev–Trinajstić information content (AvgIpc) is 3.23. The second kappa shape index (κ2) is 5.36. The third-order valence-corrected chi connectivity index (χ3v) is 5.91. The minimum Gasteiger partial charge on any atom is -0.370 e. The van der Waals surface area contributed by atoms with Crippen LogP contribution in [0, 0.1) is 11.8 Å². The van der Waals surface area contributed by atoms with Crippen molar-refractivity contribution in [2.75, 3.05) is 13.7 Å². The summed E-state index contributed by atoms with van der Waals surface area (Å²) in [7, 11) is 1.78. The van der Waals surface area contributed by atoms with Crippen LogP contribution in [0.2, 0.25) is 0 Å². The zero-order valence-corrected chi connectivity index (χ0v) is 12.8. The van der Waals surface area contributed by atoms with Crippen LogP contribution in [0.1, 0.15) is 69.1 Å². The van der Waals surface area contributed by atoms with Crippen molar-refractivity contribution in [3.05, 3.63) is 11.7 Å². The van der Waals surface area contributed by atoms with Crippen LogP contribution in [-0.4, -0.2) is 23.8 Å². The molecule has 2 saturated carbocycles. The fourth-order valence-corrected chi connectivity index (χ4v) is 4.65. The summed E-state index contributed by atoms with van der Waals surface area (Å²) in [4.78, 5) is 4.75. The second-order valence-corrected chi connectivity index (χ2v) is 6.96. The molecule has 3 unspecified atom stereocenters. The van der Waals surface area contributed by atoms with E-state index in [9.17, 15) is 0 Å². The maximum absolute atomic E-state index is 5.82. The van der Waals surface area contributed by atoms with E-state index in [0.717, 1.165) is 37.0 Å². The maximum Gasteiger partial charge on any atom is 0.244 e. The topological polar surface area (TPSA) is 60.2 Å². The van der Waals surface area contributed by atoms with E-state index in [0.29, 0.717) is 5.92 Å². The minimum absolute atomic E-state index is 0.260. The molecule has 21 heavy (non-hydrogen) atoms. The van der Waals surface area contributed by atoms with Gasteiger partial charge in [-0.2, -0.15) is 4.98 Å². The molecule has 3 atom stereocenters. The second-order valence-electron chi connectivity index (χ2n) is 6.96. The smallest absolute Gasteiger partial charge is 0.244 e. The lowest BCUT2D eigenvalue weighted by atomic mass is 9.84. The molecule has 0 aromatic carbocycles. The van der Waals surface area contributed by atoms with E-state index in [4.69, 9.17) is 14.2 Å². The van der Waals surface area contributed by atoms with E-state index in [1.165, 1.54) is 38.5 Å². The summed E-state index contributed by atoms with van der Waals surface area (Å²) >= 11 is 0. The molecule has 0 bridgehead atoms. The Morgan fingerprint density at radius 2 is 2.05 bits per heavy atom. The van der Waals surface area contributed by atoms with Gasteiger partial charge >= 0.3 is 0 Å². The van der Waals surface area contributed by atoms with Gasteiger partial charge in [0.1, 0.15) is 5.60 Å².